The van der Waals surface area contributed by atoms with E-state index in [0.717, 1.165) is 5.56 Å². The van der Waals surface area contributed by atoms with Gasteiger partial charge in [-0.15, -0.1) is 0 Å². The van der Waals surface area contributed by atoms with Crippen LogP contribution in [0.15, 0.2) is 34.3 Å². The van der Waals surface area contributed by atoms with Gasteiger partial charge in [-0.1, -0.05) is 17.7 Å². The average Bonchev–Trinajstić information content (AvgIpc) is 2.39. The van der Waals surface area contributed by atoms with Crippen molar-refractivity contribution in [1.29, 1.82) is 0 Å². The summed E-state index contributed by atoms with van der Waals surface area (Å²) in [5.41, 5.74) is 0.915. The van der Waals surface area contributed by atoms with Crippen molar-refractivity contribution in [3.8, 4) is 0 Å². The summed E-state index contributed by atoms with van der Waals surface area (Å²) in [5.74, 6) is -1.01. The van der Waals surface area contributed by atoms with Gasteiger partial charge in [-0.3, -0.25) is 4.28 Å². The first kappa shape index (κ1) is 17.0. The van der Waals surface area contributed by atoms with E-state index in [1.54, 1.807) is 19.1 Å². The largest absolute Gasteiger partial charge is 0.460 e. The molecule has 0 N–H and O–H groups in total. The van der Waals surface area contributed by atoms with Gasteiger partial charge in [-0.25, -0.2) is 4.79 Å². The summed E-state index contributed by atoms with van der Waals surface area (Å²) in [6, 6.07) is 6.08. The third kappa shape index (κ3) is 4.75. The van der Waals surface area contributed by atoms with Gasteiger partial charge in [-0.2, -0.15) is 8.42 Å². The number of ether oxygens (including phenoxy) is 1. The van der Waals surface area contributed by atoms with E-state index in [-0.39, 0.29) is 17.3 Å². The molecule has 1 aromatic rings. The maximum Gasteiger partial charge on any atom is 0.377 e. The molecule has 0 bridgehead atoms. The Bertz CT molecular complexity index is 620. The number of likely N-dealkylation sites (N-methyl/N-ethyl adjacent to an activating group) is 1. The number of carbonyl (C=O) groups is 1. The van der Waals surface area contributed by atoms with Crippen LogP contribution in [-0.4, -0.2) is 45.8 Å². The predicted octanol–water partition coefficient (Wildman–Crippen LogP) is 1.14. The Labute approximate surface area is 124 Å². The molecule has 21 heavy (non-hydrogen) atoms. The van der Waals surface area contributed by atoms with Gasteiger partial charge in [0.2, 0.25) is 0 Å². The van der Waals surface area contributed by atoms with Crippen molar-refractivity contribution in [1.82, 2.24) is 4.90 Å². The summed E-state index contributed by atoms with van der Waals surface area (Å²) >= 11 is 0. The maximum atomic E-state index is 12.0. The van der Waals surface area contributed by atoms with E-state index in [9.17, 15) is 13.2 Å². The topological polar surface area (TPSA) is 85.3 Å². The van der Waals surface area contributed by atoms with Crippen LogP contribution in [0.2, 0.25) is 0 Å². The highest BCUT2D eigenvalue weighted by Crippen LogP contribution is 2.13. The van der Waals surface area contributed by atoms with Crippen LogP contribution >= 0.6 is 0 Å². The molecular weight excluding hydrogens is 296 g/mol. The first-order valence-electron chi connectivity index (χ1n) is 6.20. The number of aryl methyl sites for hydroxylation is 1. The molecule has 0 fully saturated rings. The zero-order chi connectivity index (χ0) is 16.0. The van der Waals surface area contributed by atoms with Gasteiger partial charge in [0, 0.05) is 14.1 Å². The monoisotopic (exact) mass is 314 g/mol. The Morgan fingerprint density at radius 1 is 1.24 bits per heavy atom. The van der Waals surface area contributed by atoms with Crippen molar-refractivity contribution in [2.24, 2.45) is 5.16 Å². The Morgan fingerprint density at radius 3 is 2.29 bits per heavy atom. The molecule has 0 aliphatic carbocycles. The summed E-state index contributed by atoms with van der Waals surface area (Å²) in [7, 11) is -1.03. The van der Waals surface area contributed by atoms with Gasteiger partial charge < -0.3 is 9.64 Å². The molecule has 0 aliphatic heterocycles. The molecule has 0 amide bonds. The van der Waals surface area contributed by atoms with Crippen molar-refractivity contribution in [3.05, 3.63) is 29.8 Å². The smallest absolute Gasteiger partial charge is 0.377 e. The van der Waals surface area contributed by atoms with Gasteiger partial charge in [-0.05, 0) is 31.1 Å². The average molecular weight is 314 g/mol. The minimum Gasteiger partial charge on any atom is -0.460 e. The maximum absolute atomic E-state index is 12.0. The van der Waals surface area contributed by atoms with E-state index in [2.05, 4.69) is 9.44 Å². The van der Waals surface area contributed by atoms with Crippen molar-refractivity contribution in [2.45, 2.75) is 18.7 Å². The molecule has 0 heterocycles. The van der Waals surface area contributed by atoms with E-state index >= 15 is 0 Å². The Kier molecular flexibility index (Phi) is 5.71. The lowest BCUT2D eigenvalue weighted by atomic mass is 10.2. The van der Waals surface area contributed by atoms with Gasteiger partial charge in [0.15, 0.2) is 0 Å². The second-order valence-corrected chi connectivity index (χ2v) is 5.90. The molecule has 7 nitrogen and oxygen atoms in total. The first-order chi connectivity index (χ1) is 9.77. The van der Waals surface area contributed by atoms with Gasteiger partial charge in [0.25, 0.3) is 5.84 Å². The predicted molar refractivity (Wildman–Crippen MR) is 77.2 cm³/mol. The van der Waals surface area contributed by atoms with Crippen LogP contribution in [0.5, 0.6) is 0 Å². The number of rotatable bonds is 4. The normalized spacial score (nSPS) is 11.9. The lowest BCUT2D eigenvalue weighted by Gasteiger charge is -2.13. The van der Waals surface area contributed by atoms with Gasteiger partial charge in [0.05, 0.1) is 6.61 Å². The minimum absolute atomic E-state index is 0.0428. The number of esters is 1. The molecule has 0 saturated carbocycles. The van der Waals surface area contributed by atoms with E-state index < -0.39 is 16.1 Å². The summed E-state index contributed by atoms with van der Waals surface area (Å²) in [5, 5.41) is 3.39. The molecule has 8 heteroatoms. The second-order valence-electron chi connectivity index (χ2n) is 4.37. The van der Waals surface area contributed by atoms with Crippen molar-refractivity contribution in [2.75, 3.05) is 20.7 Å². The number of amidine groups is 1. The fraction of sp³-hybridized carbons (Fsp3) is 0.385. The standard InChI is InChI=1S/C13H18N2O5S/c1-5-19-13(16)12(15(3)4)14-20-21(17,18)11-8-6-10(2)7-9-11/h6-9H,5H2,1-4H3/b14-12-. The van der Waals surface area contributed by atoms with Crippen LogP contribution in [0, 0.1) is 6.92 Å². The number of hydrogen-bond acceptors (Lipinski definition) is 6. The molecule has 0 aromatic heterocycles. The Morgan fingerprint density at radius 2 is 1.81 bits per heavy atom. The van der Waals surface area contributed by atoms with E-state index in [1.165, 1.54) is 31.1 Å². The fourth-order valence-electron chi connectivity index (χ4n) is 1.33. The summed E-state index contributed by atoms with van der Waals surface area (Å²) in [4.78, 5) is 12.9. The van der Waals surface area contributed by atoms with Crippen molar-refractivity contribution < 1.29 is 22.2 Å². The van der Waals surface area contributed by atoms with Crippen molar-refractivity contribution >= 4 is 21.9 Å². The highest BCUT2D eigenvalue weighted by molar-refractivity contribution is 7.86. The highest BCUT2D eigenvalue weighted by Gasteiger charge is 2.20. The van der Waals surface area contributed by atoms with Crippen LogP contribution < -0.4 is 0 Å². The zero-order valence-corrected chi connectivity index (χ0v) is 13.2. The molecule has 1 aromatic carbocycles. The fourth-order valence-corrected chi connectivity index (χ4v) is 2.05. The Hall–Kier alpha value is -2.09. The molecule has 0 spiro atoms. The lowest BCUT2D eigenvalue weighted by Crippen LogP contribution is -2.32. The lowest BCUT2D eigenvalue weighted by molar-refractivity contribution is -0.135. The van der Waals surface area contributed by atoms with Crippen LogP contribution in [0.1, 0.15) is 12.5 Å². The molecule has 116 valence electrons. The van der Waals surface area contributed by atoms with Crippen LogP contribution in [0.4, 0.5) is 0 Å². The van der Waals surface area contributed by atoms with Gasteiger partial charge >= 0.3 is 16.1 Å². The highest BCUT2D eigenvalue weighted by atomic mass is 32.2. The number of oxime groups is 1. The molecule has 1 rings (SSSR count). The number of carbonyl (C=O) groups excluding carboxylic acids is 1. The summed E-state index contributed by atoms with van der Waals surface area (Å²) in [6.45, 7) is 3.62. The molecule has 0 saturated heterocycles. The third-order valence-electron chi connectivity index (χ3n) is 2.41. The molecule has 0 unspecified atom stereocenters. The molecule has 0 aliphatic rings. The molecule has 0 radical (unpaired) electrons. The second kappa shape index (κ2) is 7.07. The summed E-state index contributed by atoms with van der Waals surface area (Å²) < 4.78 is 33.2. The number of nitrogens with zero attached hydrogens (tertiary/aromatic N) is 2. The Balaban J connectivity index is 2.98. The number of benzene rings is 1. The zero-order valence-electron chi connectivity index (χ0n) is 12.4. The van der Waals surface area contributed by atoms with Crippen LogP contribution in [0.3, 0.4) is 0 Å². The first-order valence-corrected chi connectivity index (χ1v) is 7.61. The quantitative estimate of drug-likeness (QED) is 0.358. The third-order valence-corrected chi connectivity index (χ3v) is 3.53. The van der Waals surface area contributed by atoms with Crippen LogP contribution in [-0.2, 0) is 23.9 Å². The van der Waals surface area contributed by atoms with E-state index in [1.807, 2.05) is 6.92 Å². The van der Waals surface area contributed by atoms with Crippen LogP contribution in [0.25, 0.3) is 0 Å². The minimum atomic E-state index is -4.08. The molecular formula is C13H18N2O5S. The SMILES string of the molecule is CCOC(=O)/C(=N/OS(=O)(=O)c1ccc(C)cc1)N(C)C. The summed E-state index contributed by atoms with van der Waals surface area (Å²) in [6.07, 6.45) is 0. The van der Waals surface area contributed by atoms with Crippen molar-refractivity contribution in [3.63, 3.8) is 0 Å². The molecule has 0 atom stereocenters. The number of hydrogen-bond donors (Lipinski definition) is 0. The van der Waals surface area contributed by atoms with Gasteiger partial charge in [0.1, 0.15) is 4.90 Å². The van der Waals surface area contributed by atoms with E-state index in [0.29, 0.717) is 0 Å². The van der Waals surface area contributed by atoms with E-state index in [4.69, 9.17) is 4.74 Å².